The van der Waals surface area contributed by atoms with E-state index in [2.05, 4.69) is 31.9 Å². The van der Waals surface area contributed by atoms with Gasteiger partial charge in [0.05, 0.1) is 0 Å². The molecule has 4 nitrogen and oxygen atoms in total. The molecule has 2 aromatic rings. The van der Waals surface area contributed by atoms with Crippen LogP contribution in [-0.4, -0.2) is 35.7 Å². The van der Waals surface area contributed by atoms with Crippen LogP contribution in [0.4, 0.5) is 0 Å². The normalized spacial score (nSPS) is 13.4. The standard InChI is InChI=1S/2C9H8BrNO.2C2H6/c1-11-5-6-2-3-7(10)4-8(6)9(11)12;1-11-5-7-6(9(11)12)3-2-4-8(7)10;2*1-2/h2*2-4H,5H2,1H3;2*1-2H3. The lowest BCUT2D eigenvalue weighted by molar-refractivity contribution is 0.0809. The molecule has 6 heteroatoms. The monoisotopic (exact) mass is 510 g/mol. The maximum Gasteiger partial charge on any atom is 0.254 e. The molecule has 0 spiro atoms. The molecule has 0 saturated carbocycles. The van der Waals surface area contributed by atoms with Gasteiger partial charge in [-0.3, -0.25) is 9.59 Å². The average molecular weight is 512 g/mol. The molecule has 2 aromatic carbocycles. The Labute approximate surface area is 185 Å². The molecule has 4 rings (SSSR count). The van der Waals surface area contributed by atoms with Gasteiger partial charge in [0.25, 0.3) is 11.8 Å². The molecule has 28 heavy (non-hydrogen) atoms. The van der Waals surface area contributed by atoms with E-state index in [1.165, 1.54) is 0 Å². The van der Waals surface area contributed by atoms with E-state index in [0.717, 1.165) is 44.3 Å². The molecule has 152 valence electrons. The molecule has 0 aromatic heterocycles. The lowest BCUT2D eigenvalue weighted by atomic mass is 10.1. The summed E-state index contributed by atoms with van der Waals surface area (Å²) >= 11 is 6.76. The fourth-order valence-electron chi connectivity index (χ4n) is 2.85. The first kappa shape index (κ1) is 24.4. The SMILES string of the molecule is CC.CC.CN1Cc2c(Br)cccc2C1=O.CN1Cc2ccc(Br)cc2C1=O. The van der Waals surface area contributed by atoms with Crippen molar-refractivity contribution < 1.29 is 9.59 Å². The number of nitrogens with zero attached hydrogens (tertiary/aromatic N) is 2. The number of carbonyl (C=O) groups excluding carboxylic acids is 2. The summed E-state index contributed by atoms with van der Waals surface area (Å²) in [4.78, 5) is 26.3. The van der Waals surface area contributed by atoms with Gasteiger partial charge in [0, 0.05) is 47.3 Å². The van der Waals surface area contributed by atoms with E-state index in [4.69, 9.17) is 0 Å². The van der Waals surface area contributed by atoms with Crippen molar-refractivity contribution in [3.8, 4) is 0 Å². The van der Waals surface area contributed by atoms with Crippen LogP contribution in [0.25, 0.3) is 0 Å². The van der Waals surface area contributed by atoms with E-state index in [9.17, 15) is 9.59 Å². The van der Waals surface area contributed by atoms with E-state index in [1.54, 1.807) is 9.80 Å². The van der Waals surface area contributed by atoms with Crippen molar-refractivity contribution >= 4 is 43.7 Å². The highest BCUT2D eigenvalue weighted by Gasteiger charge is 2.25. The first-order valence-electron chi connectivity index (χ1n) is 9.45. The largest absolute Gasteiger partial charge is 0.337 e. The highest BCUT2D eigenvalue weighted by molar-refractivity contribution is 9.10. The van der Waals surface area contributed by atoms with Gasteiger partial charge in [-0.25, -0.2) is 0 Å². The Morgan fingerprint density at radius 1 is 0.786 bits per heavy atom. The minimum atomic E-state index is 0.117. The van der Waals surface area contributed by atoms with Crippen molar-refractivity contribution in [3.05, 3.63) is 67.6 Å². The number of carbonyl (C=O) groups is 2. The zero-order valence-corrected chi connectivity index (χ0v) is 20.5. The topological polar surface area (TPSA) is 40.6 Å². The minimum Gasteiger partial charge on any atom is -0.337 e. The summed E-state index contributed by atoms with van der Waals surface area (Å²) in [6.07, 6.45) is 0. The smallest absolute Gasteiger partial charge is 0.254 e. The number of hydrogen-bond acceptors (Lipinski definition) is 2. The van der Waals surface area contributed by atoms with Crippen LogP contribution >= 0.6 is 31.9 Å². The fourth-order valence-corrected chi connectivity index (χ4v) is 3.71. The highest BCUT2D eigenvalue weighted by atomic mass is 79.9. The third kappa shape index (κ3) is 5.45. The lowest BCUT2D eigenvalue weighted by Crippen LogP contribution is -2.17. The third-order valence-corrected chi connectivity index (χ3v) is 5.38. The number of halogens is 2. The predicted octanol–water partition coefficient (Wildman–Crippen LogP) is 6.12. The maximum atomic E-state index is 11.5. The molecule has 0 fully saturated rings. The summed E-state index contributed by atoms with van der Waals surface area (Å²) in [6, 6.07) is 11.5. The van der Waals surface area contributed by atoms with Gasteiger partial charge < -0.3 is 9.80 Å². The van der Waals surface area contributed by atoms with E-state index in [1.807, 2.05) is 78.2 Å². The van der Waals surface area contributed by atoms with Crippen LogP contribution in [0.15, 0.2) is 45.3 Å². The molecule has 0 unspecified atom stereocenters. The molecule has 0 atom stereocenters. The van der Waals surface area contributed by atoms with Crippen molar-refractivity contribution in [2.45, 2.75) is 40.8 Å². The quantitative estimate of drug-likeness (QED) is 0.427. The van der Waals surface area contributed by atoms with Gasteiger partial charge in [-0.2, -0.15) is 0 Å². The molecule has 0 bridgehead atoms. The molecule has 2 aliphatic heterocycles. The van der Waals surface area contributed by atoms with Gasteiger partial charge in [-0.15, -0.1) is 0 Å². The Morgan fingerprint density at radius 2 is 1.36 bits per heavy atom. The highest BCUT2D eigenvalue weighted by Crippen LogP contribution is 2.28. The van der Waals surface area contributed by atoms with Gasteiger partial charge in [0.1, 0.15) is 0 Å². The Hall–Kier alpha value is -1.66. The van der Waals surface area contributed by atoms with Crippen LogP contribution in [0.2, 0.25) is 0 Å². The number of rotatable bonds is 0. The van der Waals surface area contributed by atoms with Crippen LogP contribution in [0.1, 0.15) is 59.5 Å². The van der Waals surface area contributed by atoms with Crippen molar-refractivity contribution in [2.75, 3.05) is 14.1 Å². The van der Waals surface area contributed by atoms with E-state index in [0.29, 0.717) is 0 Å². The molecule has 2 amide bonds. The molecular weight excluding hydrogens is 484 g/mol. The average Bonchev–Trinajstić information content (AvgIpc) is 3.17. The van der Waals surface area contributed by atoms with E-state index < -0.39 is 0 Å². The van der Waals surface area contributed by atoms with Crippen LogP contribution in [0.3, 0.4) is 0 Å². The molecule has 2 aliphatic rings. The Morgan fingerprint density at radius 3 is 1.96 bits per heavy atom. The van der Waals surface area contributed by atoms with Crippen LogP contribution in [0.5, 0.6) is 0 Å². The van der Waals surface area contributed by atoms with Gasteiger partial charge in [-0.1, -0.05) is 71.7 Å². The summed E-state index contributed by atoms with van der Waals surface area (Å²) in [5.74, 6) is 0.234. The number of amides is 2. The van der Waals surface area contributed by atoms with E-state index in [-0.39, 0.29) is 11.8 Å². The van der Waals surface area contributed by atoms with Crippen LogP contribution in [0, 0.1) is 0 Å². The Bertz CT molecular complexity index is 831. The summed E-state index contributed by atoms with van der Waals surface area (Å²) in [5.41, 5.74) is 3.87. The van der Waals surface area contributed by atoms with Crippen LogP contribution in [-0.2, 0) is 13.1 Å². The second-order valence-electron chi connectivity index (χ2n) is 5.89. The molecule has 2 heterocycles. The second kappa shape index (κ2) is 11.4. The van der Waals surface area contributed by atoms with Crippen LogP contribution < -0.4 is 0 Å². The zero-order chi connectivity index (χ0) is 21.4. The maximum absolute atomic E-state index is 11.5. The van der Waals surface area contributed by atoms with E-state index >= 15 is 0 Å². The molecule has 0 aliphatic carbocycles. The lowest BCUT2D eigenvalue weighted by Gasteiger charge is -2.04. The number of hydrogen-bond donors (Lipinski definition) is 0. The molecule has 0 radical (unpaired) electrons. The Balaban J connectivity index is 0.000000238. The Kier molecular flexibility index (Phi) is 9.90. The van der Waals surface area contributed by atoms with Crippen molar-refractivity contribution in [1.82, 2.24) is 9.80 Å². The van der Waals surface area contributed by atoms with Gasteiger partial charge in [0.2, 0.25) is 0 Å². The zero-order valence-electron chi connectivity index (χ0n) is 17.3. The summed E-state index contributed by atoms with van der Waals surface area (Å²) < 4.78 is 1.99. The minimum absolute atomic E-state index is 0.117. The fraction of sp³-hybridized carbons (Fsp3) is 0.364. The third-order valence-electron chi connectivity index (χ3n) is 4.15. The molecule has 0 N–H and O–H groups in total. The number of fused-ring (bicyclic) bond motifs is 2. The van der Waals surface area contributed by atoms with Gasteiger partial charge in [-0.05, 0) is 35.4 Å². The van der Waals surface area contributed by atoms with Crippen molar-refractivity contribution in [1.29, 1.82) is 0 Å². The first-order chi connectivity index (χ1) is 13.4. The van der Waals surface area contributed by atoms with Crippen molar-refractivity contribution in [2.24, 2.45) is 0 Å². The number of benzene rings is 2. The van der Waals surface area contributed by atoms with Gasteiger partial charge in [0.15, 0.2) is 0 Å². The van der Waals surface area contributed by atoms with Gasteiger partial charge >= 0.3 is 0 Å². The summed E-state index contributed by atoms with van der Waals surface area (Å²) in [5, 5.41) is 0. The van der Waals surface area contributed by atoms with Crippen molar-refractivity contribution in [3.63, 3.8) is 0 Å². The molecule has 0 saturated heterocycles. The first-order valence-corrected chi connectivity index (χ1v) is 11.0. The second-order valence-corrected chi connectivity index (χ2v) is 7.66. The molecular formula is C22H28Br2N2O2. The summed E-state index contributed by atoms with van der Waals surface area (Å²) in [7, 11) is 3.63. The summed E-state index contributed by atoms with van der Waals surface area (Å²) in [6.45, 7) is 9.46. The predicted molar refractivity (Wildman–Crippen MR) is 123 cm³/mol.